The zero-order valence-corrected chi connectivity index (χ0v) is 17.2. The fourth-order valence-electron chi connectivity index (χ4n) is 2.70. The van der Waals surface area contributed by atoms with Crippen LogP contribution in [0.5, 0.6) is 0 Å². The molecule has 0 aliphatic rings. The first-order chi connectivity index (χ1) is 10.4. The van der Waals surface area contributed by atoms with Crippen molar-refractivity contribution in [2.75, 3.05) is 0 Å². The Morgan fingerprint density at radius 1 is 0.476 bits per heavy atom. The molecule has 0 bridgehead atoms. The predicted octanol–water partition coefficient (Wildman–Crippen LogP) is 3.31. The summed E-state index contributed by atoms with van der Waals surface area (Å²) in [5.74, 6) is 0. The van der Waals surface area contributed by atoms with E-state index in [0.717, 1.165) is 0 Å². The molecule has 4 heterocycles. The van der Waals surface area contributed by atoms with Gasteiger partial charge in [0.2, 0.25) is 0 Å². The van der Waals surface area contributed by atoms with Crippen LogP contribution >= 0.6 is 45.3 Å². The van der Waals surface area contributed by atoms with Crippen molar-refractivity contribution in [3.63, 3.8) is 0 Å². The molecule has 0 N–H and O–H groups in total. The number of hydrogen-bond acceptors (Lipinski definition) is 4. The zero-order chi connectivity index (χ0) is 14.1. The molecule has 0 saturated heterocycles. The summed E-state index contributed by atoms with van der Waals surface area (Å²) >= 11 is 4.77. The van der Waals surface area contributed by atoms with Gasteiger partial charge in [0.25, 0.3) is 0 Å². The molecule has 0 radical (unpaired) electrons. The van der Waals surface area contributed by atoms with Crippen LogP contribution in [-0.2, 0) is 0 Å². The van der Waals surface area contributed by atoms with Gasteiger partial charge in [0, 0.05) is 0 Å². The van der Waals surface area contributed by atoms with Crippen LogP contribution in [0.1, 0.15) is 0 Å². The van der Waals surface area contributed by atoms with Crippen LogP contribution in [0.2, 0.25) is 0 Å². The standard InChI is InChI=1S/4C4H3S.Sn/c4*1-2-4-5-3-1;/h4*1-3H;. The molecule has 21 heavy (non-hydrogen) atoms. The van der Waals surface area contributed by atoms with E-state index in [2.05, 4.69) is 70.1 Å². The van der Waals surface area contributed by atoms with Gasteiger partial charge in [0.1, 0.15) is 0 Å². The summed E-state index contributed by atoms with van der Waals surface area (Å²) < 4.78 is 6.43. The average Bonchev–Trinajstić information content (AvgIpc) is 3.32. The van der Waals surface area contributed by atoms with Gasteiger partial charge in [-0.3, -0.25) is 0 Å². The molecule has 0 fully saturated rings. The second-order valence-corrected chi connectivity index (χ2v) is 23.0. The molecule has 0 saturated carbocycles. The van der Waals surface area contributed by atoms with Gasteiger partial charge in [-0.15, -0.1) is 0 Å². The summed E-state index contributed by atoms with van der Waals surface area (Å²) in [6, 6.07) is 18.3. The molecule has 0 atom stereocenters. The Hall–Kier alpha value is -0.401. The molecular formula is C16H12S4Sn. The van der Waals surface area contributed by atoms with Crippen LogP contribution in [-0.4, -0.2) is 18.4 Å². The topological polar surface area (TPSA) is 0 Å². The van der Waals surface area contributed by atoms with Crippen LogP contribution in [0.25, 0.3) is 0 Å². The first-order valence-electron chi connectivity index (χ1n) is 6.58. The molecule has 0 unspecified atom stereocenters. The first-order valence-corrected chi connectivity index (χ1v) is 15.8. The van der Waals surface area contributed by atoms with Gasteiger partial charge < -0.3 is 0 Å². The molecular weight excluding hydrogens is 439 g/mol. The fraction of sp³-hybridized carbons (Fsp3) is 0. The van der Waals surface area contributed by atoms with Gasteiger partial charge >= 0.3 is 145 Å². The van der Waals surface area contributed by atoms with Crippen LogP contribution in [0.4, 0.5) is 0 Å². The number of hydrogen-bond donors (Lipinski definition) is 0. The second kappa shape index (κ2) is 6.01. The molecule has 0 spiro atoms. The Morgan fingerprint density at radius 2 is 0.762 bits per heavy atom. The van der Waals surface area contributed by atoms with Crippen molar-refractivity contribution < 1.29 is 0 Å². The summed E-state index contributed by atoms with van der Waals surface area (Å²) in [5.41, 5.74) is 0. The summed E-state index contributed by atoms with van der Waals surface area (Å²) in [7, 11) is 0. The normalized spacial score (nSPS) is 11.8. The van der Waals surface area contributed by atoms with E-state index in [1.54, 1.807) is 11.6 Å². The summed E-state index contributed by atoms with van der Waals surface area (Å²) in [6.07, 6.45) is 0. The zero-order valence-electron chi connectivity index (χ0n) is 11.1. The minimum atomic E-state index is -2.98. The van der Waals surface area contributed by atoms with Crippen molar-refractivity contribution in [1.82, 2.24) is 0 Å². The number of thiophene rings is 4. The van der Waals surface area contributed by atoms with E-state index < -0.39 is 18.4 Å². The molecule has 0 amide bonds. The van der Waals surface area contributed by atoms with Gasteiger partial charge in [-0.1, -0.05) is 0 Å². The molecule has 4 rings (SSSR count). The quantitative estimate of drug-likeness (QED) is 0.418. The molecule has 0 aliphatic carbocycles. The Kier molecular flexibility index (Phi) is 4.06. The van der Waals surface area contributed by atoms with Gasteiger partial charge in [-0.05, 0) is 0 Å². The summed E-state index contributed by atoms with van der Waals surface area (Å²) in [4.78, 5) is 0. The molecule has 0 aliphatic heterocycles. The van der Waals surface area contributed by atoms with Crippen molar-refractivity contribution in [2.45, 2.75) is 0 Å². The molecule has 4 aromatic heterocycles. The fourth-order valence-corrected chi connectivity index (χ4v) is 33.2. The van der Waals surface area contributed by atoms with E-state index in [1.165, 1.54) is 0 Å². The monoisotopic (exact) mass is 452 g/mol. The van der Waals surface area contributed by atoms with E-state index in [4.69, 9.17) is 0 Å². The van der Waals surface area contributed by atoms with Crippen molar-refractivity contribution in [3.05, 3.63) is 70.1 Å². The maximum atomic E-state index is 2.36. The van der Waals surface area contributed by atoms with Gasteiger partial charge in [-0.2, -0.15) is 0 Å². The first kappa shape index (κ1) is 14.2. The Labute approximate surface area is 144 Å². The SMILES string of the molecule is c1cs[c]([Sn]([c]2cccs2)([c]2cccs2)[c]2cccs2)c1. The molecule has 0 nitrogen and oxygen atoms in total. The van der Waals surface area contributed by atoms with Crippen LogP contribution in [0.3, 0.4) is 0 Å². The van der Waals surface area contributed by atoms with Crippen molar-refractivity contribution in [1.29, 1.82) is 0 Å². The Bertz CT molecular complexity index is 638. The van der Waals surface area contributed by atoms with E-state index in [-0.39, 0.29) is 0 Å². The van der Waals surface area contributed by atoms with Crippen LogP contribution in [0, 0.1) is 0 Å². The van der Waals surface area contributed by atoms with Crippen molar-refractivity contribution in [3.8, 4) is 0 Å². The second-order valence-electron chi connectivity index (χ2n) is 4.66. The van der Waals surface area contributed by atoms with Gasteiger partial charge in [0.15, 0.2) is 0 Å². The van der Waals surface area contributed by atoms with Crippen molar-refractivity contribution >= 4 is 75.3 Å². The van der Waals surface area contributed by atoms with Gasteiger partial charge in [-0.25, -0.2) is 0 Å². The minimum absolute atomic E-state index is 1.61. The average molecular weight is 451 g/mol. The van der Waals surface area contributed by atoms with E-state index in [9.17, 15) is 0 Å². The van der Waals surface area contributed by atoms with Crippen molar-refractivity contribution in [2.24, 2.45) is 0 Å². The number of rotatable bonds is 4. The van der Waals surface area contributed by atoms with E-state index in [1.807, 2.05) is 45.3 Å². The Balaban J connectivity index is 2.10. The third kappa shape index (κ3) is 2.28. The maximum absolute atomic E-state index is 2.98. The predicted molar refractivity (Wildman–Crippen MR) is 102 cm³/mol. The molecule has 4 aromatic rings. The van der Waals surface area contributed by atoms with Gasteiger partial charge in [0.05, 0.1) is 0 Å². The van der Waals surface area contributed by atoms with Crippen LogP contribution in [0.15, 0.2) is 70.1 Å². The Morgan fingerprint density at radius 3 is 0.952 bits per heavy atom. The summed E-state index contributed by atoms with van der Waals surface area (Å²) in [6.45, 7) is 0. The molecule has 0 aromatic carbocycles. The third-order valence-electron chi connectivity index (χ3n) is 3.56. The molecule has 5 heteroatoms. The van der Waals surface area contributed by atoms with E-state index in [0.29, 0.717) is 0 Å². The van der Waals surface area contributed by atoms with Crippen LogP contribution < -0.4 is 11.6 Å². The summed E-state index contributed by atoms with van der Waals surface area (Å²) in [5, 5.41) is 8.93. The van der Waals surface area contributed by atoms with E-state index >= 15 is 0 Å². The third-order valence-corrected chi connectivity index (χ3v) is 28.9. The molecule has 104 valence electrons.